The van der Waals surface area contributed by atoms with Crippen molar-refractivity contribution in [2.45, 2.75) is 341 Å². The van der Waals surface area contributed by atoms with Gasteiger partial charge in [0.15, 0.2) is 0 Å². The number of esters is 1. The number of hydrogen-bond donors (Lipinski definition) is 3. The van der Waals surface area contributed by atoms with Crippen molar-refractivity contribution in [3.05, 3.63) is 60.8 Å². The third-order valence-corrected chi connectivity index (χ3v) is 14.5. The minimum absolute atomic E-state index is 0.00541. The summed E-state index contributed by atoms with van der Waals surface area (Å²) in [6, 6.07) is -0.634. The highest BCUT2D eigenvalue weighted by Gasteiger charge is 2.18. The predicted molar refractivity (Wildman–Crippen MR) is 319 cm³/mol. The average molecular weight is 1020 g/mol. The van der Waals surface area contributed by atoms with Crippen LogP contribution in [0.5, 0.6) is 0 Å². The Morgan fingerprint density at radius 1 is 0.384 bits per heavy atom. The quantitative estimate of drug-likeness (QED) is 0.0320. The van der Waals surface area contributed by atoms with Gasteiger partial charge in [0, 0.05) is 12.8 Å². The third-order valence-electron chi connectivity index (χ3n) is 14.5. The average Bonchev–Trinajstić information content (AvgIpc) is 3.39. The van der Waals surface area contributed by atoms with Gasteiger partial charge in [-0.2, -0.15) is 0 Å². The molecule has 2 unspecified atom stereocenters. The van der Waals surface area contributed by atoms with Crippen LogP contribution in [-0.4, -0.2) is 47.4 Å². The Morgan fingerprint density at radius 2 is 0.685 bits per heavy atom. The molecule has 426 valence electrons. The summed E-state index contributed by atoms with van der Waals surface area (Å²) in [6.45, 7) is 4.88. The van der Waals surface area contributed by atoms with Gasteiger partial charge >= 0.3 is 5.97 Å². The Hall–Kier alpha value is -2.44. The lowest BCUT2D eigenvalue weighted by molar-refractivity contribution is -0.143. The van der Waals surface area contributed by atoms with Gasteiger partial charge in [-0.1, -0.05) is 280 Å². The first-order chi connectivity index (χ1) is 36.0. The van der Waals surface area contributed by atoms with Gasteiger partial charge in [-0.15, -0.1) is 0 Å². The Morgan fingerprint density at radius 3 is 1.05 bits per heavy atom. The van der Waals surface area contributed by atoms with Crippen LogP contribution in [0.4, 0.5) is 0 Å². The number of amides is 1. The van der Waals surface area contributed by atoms with E-state index in [0.29, 0.717) is 19.4 Å². The molecule has 73 heavy (non-hydrogen) atoms. The fourth-order valence-corrected chi connectivity index (χ4v) is 9.58. The topological polar surface area (TPSA) is 95.9 Å². The van der Waals surface area contributed by atoms with Crippen molar-refractivity contribution in [1.82, 2.24) is 5.32 Å². The minimum Gasteiger partial charge on any atom is -0.466 e. The van der Waals surface area contributed by atoms with Crippen molar-refractivity contribution in [2.75, 3.05) is 13.2 Å². The number of ether oxygens (including phenoxy) is 1. The Balaban J connectivity index is 3.46. The molecule has 0 aromatic carbocycles. The summed E-state index contributed by atoms with van der Waals surface area (Å²) in [5.41, 5.74) is 0. The predicted octanol–water partition coefficient (Wildman–Crippen LogP) is 20.3. The van der Waals surface area contributed by atoms with E-state index in [1.807, 2.05) is 6.08 Å². The lowest BCUT2D eigenvalue weighted by Gasteiger charge is -2.20. The van der Waals surface area contributed by atoms with Crippen LogP contribution in [0.25, 0.3) is 0 Å². The largest absolute Gasteiger partial charge is 0.466 e. The molecule has 0 aliphatic carbocycles. The number of nitrogens with one attached hydrogen (secondary N) is 1. The first kappa shape index (κ1) is 70.6. The lowest BCUT2D eigenvalue weighted by Crippen LogP contribution is -2.45. The summed E-state index contributed by atoms with van der Waals surface area (Å²) in [6.07, 6.45) is 81.2. The monoisotopic (exact) mass is 1020 g/mol. The van der Waals surface area contributed by atoms with Crippen molar-refractivity contribution in [3.63, 3.8) is 0 Å². The number of carbonyl (C=O) groups excluding carboxylic acids is 2. The zero-order valence-corrected chi connectivity index (χ0v) is 48.6. The van der Waals surface area contributed by atoms with E-state index in [1.54, 1.807) is 6.08 Å². The van der Waals surface area contributed by atoms with Crippen LogP contribution in [0.3, 0.4) is 0 Å². The highest BCUT2D eigenvalue weighted by molar-refractivity contribution is 5.76. The summed E-state index contributed by atoms with van der Waals surface area (Å²) in [7, 11) is 0. The van der Waals surface area contributed by atoms with E-state index in [4.69, 9.17) is 4.74 Å². The minimum atomic E-state index is -0.849. The molecule has 0 rings (SSSR count). The summed E-state index contributed by atoms with van der Waals surface area (Å²) in [5, 5.41) is 23.1. The first-order valence-electron chi connectivity index (χ1n) is 32.1. The van der Waals surface area contributed by atoms with Gasteiger partial charge in [-0.05, 0) is 96.3 Å². The van der Waals surface area contributed by atoms with Gasteiger partial charge in [0.25, 0.3) is 0 Å². The van der Waals surface area contributed by atoms with Crippen molar-refractivity contribution in [1.29, 1.82) is 0 Å². The fourth-order valence-electron chi connectivity index (χ4n) is 9.58. The van der Waals surface area contributed by atoms with Gasteiger partial charge in [-0.3, -0.25) is 9.59 Å². The standard InChI is InChI=1S/C67H123NO5/c1-3-5-7-9-11-13-15-17-19-33-37-41-45-49-53-57-61-67(72)73-62-58-54-50-46-42-38-34-30-28-26-24-22-20-21-23-25-27-29-32-36-40-44-48-52-56-60-66(71)68-64(63-69)65(70)59-55-51-47-43-39-35-31-18-16-14-12-10-8-6-4-2/h13,15,19,21-24,33,55,59,64-65,69-70H,3-12,14,16-18,20,25-32,34-54,56-58,60-63H2,1-2H3,(H,68,71)/b15-13-,23-21-,24-22-,33-19-,59-55+. The molecule has 0 aromatic rings. The van der Waals surface area contributed by atoms with Crippen molar-refractivity contribution in [3.8, 4) is 0 Å². The molecule has 0 fully saturated rings. The second-order valence-corrected chi connectivity index (χ2v) is 21.7. The van der Waals surface area contributed by atoms with Crippen LogP contribution in [0.2, 0.25) is 0 Å². The van der Waals surface area contributed by atoms with E-state index < -0.39 is 12.1 Å². The second-order valence-electron chi connectivity index (χ2n) is 21.7. The van der Waals surface area contributed by atoms with E-state index >= 15 is 0 Å². The summed E-state index contributed by atoms with van der Waals surface area (Å²) in [5.74, 6) is -0.0794. The maximum atomic E-state index is 12.5. The first-order valence-corrected chi connectivity index (χ1v) is 32.1. The molecule has 0 aromatic heterocycles. The highest BCUT2D eigenvalue weighted by Crippen LogP contribution is 2.16. The van der Waals surface area contributed by atoms with Gasteiger partial charge in [0.1, 0.15) is 0 Å². The molecular weight excluding hydrogens is 899 g/mol. The molecule has 6 nitrogen and oxygen atoms in total. The van der Waals surface area contributed by atoms with E-state index in [-0.39, 0.29) is 18.5 Å². The molecule has 0 radical (unpaired) electrons. The van der Waals surface area contributed by atoms with Crippen LogP contribution < -0.4 is 5.32 Å². The number of hydrogen-bond acceptors (Lipinski definition) is 5. The number of unbranched alkanes of at least 4 members (excludes halogenated alkanes) is 40. The number of rotatable bonds is 59. The number of aliphatic hydroxyl groups excluding tert-OH is 2. The Labute approximate surface area is 454 Å². The van der Waals surface area contributed by atoms with E-state index in [2.05, 4.69) is 67.8 Å². The number of allylic oxidation sites excluding steroid dienone is 9. The molecule has 0 aliphatic heterocycles. The fraction of sp³-hybridized carbons (Fsp3) is 0.821. The van der Waals surface area contributed by atoms with Crippen molar-refractivity contribution >= 4 is 11.9 Å². The Bertz CT molecular complexity index is 1270. The maximum Gasteiger partial charge on any atom is 0.305 e. The van der Waals surface area contributed by atoms with Crippen LogP contribution in [0, 0.1) is 0 Å². The zero-order chi connectivity index (χ0) is 52.9. The Kier molecular flexibility index (Phi) is 60.0. The van der Waals surface area contributed by atoms with Crippen LogP contribution >= 0.6 is 0 Å². The van der Waals surface area contributed by atoms with Gasteiger partial charge in [0.05, 0.1) is 25.4 Å². The molecule has 0 heterocycles. The van der Waals surface area contributed by atoms with Crippen molar-refractivity contribution < 1.29 is 24.5 Å². The lowest BCUT2D eigenvalue weighted by atomic mass is 10.0. The van der Waals surface area contributed by atoms with Gasteiger partial charge < -0.3 is 20.3 Å². The summed E-state index contributed by atoms with van der Waals surface area (Å²) < 4.78 is 5.48. The summed E-state index contributed by atoms with van der Waals surface area (Å²) >= 11 is 0. The molecule has 0 saturated heterocycles. The maximum absolute atomic E-state index is 12.5. The zero-order valence-electron chi connectivity index (χ0n) is 48.6. The smallest absolute Gasteiger partial charge is 0.305 e. The summed E-state index contributed by atoms with van der Waals surface area (Å²) in [4.78, 5) is 24.5. The van der Waals surface area contributed by atoms with Gasteiger partial charge in [-0.25, -0.2) is 0 Å². The molecule has 2 atom stereocenters. The SMILES string of the molecule is CCCCCC/C=C\C/C=C\CCCCCCCC(=O)OCCCCCCCCCCC/C=C\C/C=C\CCCCCCCCCCCC(=O)NC(CO)C(O)/C=C/CCCCCCCCCCCCCCC. The molecule has 0 aliphatic rings. The molecule has 0 spiro atoms. The normalized spacial score (nSPS) is 13.0. The van der Waals surface area contributed by atoms with Gasteiger partial charge in [0.2, 0.25) is 5.91 Å². The van der Waals surface area contributed by atoms with Crippen molar-refractivity contribution in [2.24, 2.45) is 0 Å². The van der Waals surface area contributed by atoms with Crippen LogP contribution in [-0.2, 0) is 14.3 Å². The molecule has 1 amide bonds. The second kappa shape index (κ2) is 62.1. The highest BCUT2D eigenvalue weighted by atomic mass is 16.5. The van der Waals surface area contributed by atoms with Crippen LogP contribution in [0.15, 0.2) is 60.8 Å². The van der Waals surface area contributed by atoms with E-state index in [9.17, 15) is 19.8 Å². The van der Waals surface area contributed by atoms with E-state index in [0.717, 1.165) is 57.8 Å². The number of aliphatic hydroxyl groups is 2. The molecule has 3 N–H and O–H groups in total. The van der Waals surface area contributed by atoms with Crippen LogP contribution in [0.1, 0.15) is 328 Å². The number of carbonyl (C=O) groups is 2. The third kappa shape index (κ3) is 58.7. The molecular formula is C67H123NO5. The molecule has 0 saturated carbocycles. The molecule has 0 bridgehead atoms. The molecule has 6 heteroatoms. The van der Waals surface area contributed by atoms with E-state index in [1.165, 1.54) is 244 Å².